The van der Waals surface area contributed by atoms with Gasteiger partial charge in [-0.05, 0) is 71.8 Å². The first-order valence-electron chi connectivity index (χ1n) is 8.09. The van der Waals surface area contributed by atoms with Gasteiger partial charge in [0.2, 0.25) is 5.91 Å². The lowest BCUT2D eigenvalue weighted by molar-refractivity contribution is -0.119. The average Bonchev–Trinajstić information content (AvgIpc) is 3.10. The molecule has 2 aromatic carbocycles. The van der Waals surface area contributed by atoms with Crippen LogP contribution in [-0.2, 0) is 4.79 Å². The number of aryl methyl sites for hydroxylation is 1. The van der Waals surface area contributed by atoms with Gasteiger partial charge in [-0.15, -0.1) is 11.8 Å². The highest BCUT2D eigenvalue weighted by Gasteiger charge is 2.36. The number of nitrogens with one attached hydrogen (secondary N) is 1. The standard InChI is InChI=1S/C19H18FIN2O2S/c1-11-4-3-5-16(12(11)2)22-18(24)17-9-26-10-23(17)19(25)14-8-13(20)6-7-15(14)21/h3-8,17H,9-10H2,1-2H3,(H,22,24). The molecule has 1 saturated heterocycles. The molecule has 7 heteroatoms. The summed E-state index contributed by atoms with van der Waals surface area (Å²) >= 11 is 3.53. The Morgan fingerprint density at radius 2 is 2.04 bits per heavy atom. The molecule has 0 bridgehead atoms. The quantitative estimate of drug-likeness (QED) is 0.665. The van der Waals surface area contributed by atoms with Gasteiger partial charge in [-0.1, -0.05) is 12.1 Å². The van der Waals surface area contributed by atoms with Gasteiger partial charge in [-0.2, -0.15) is 0 Å². The summed E-state index contributed by atoms with van der Waals surface area (Å²) in [5.41, 5.74) is 3.13. The van der Waals surface area contributed by atoms with Gasteiger partial charge in [0.05, 0.1) is 11.4 Å². The van der Waals surface area contributed by atoms with Crippen LogP contribution in [0.2, 0.25) is 0 Å². The van der Waals surface area contributed by atoms with E-state index < -0.39 is 11.9 Å². The second-order valence-corrected chi connectivity index (χ2v) is 8.31. The third-order valence-electron chi connectivity index (χ3n) is 4.47. The topological polar surface area (TPSA) is 49.4 Å². The van der Waals surface area contributed by atoms with Crippen molar-refractivity contribution in [1.29, 1.82) is 0 Å². The third kappa shape index (κ3) is 3.88. The van der Waals surface area contributed by atoms with Gasteiger partial charge in [0, 0.05) is 15.0 Å². The van der Waals surface area contributed by atoms with E-state index in [4.69, 9.17) is 0 Å². The fraction of sp³-hybridized carbons (Fsp3) is 0.263. The van der Waals surface area contributed by atoms with Gasteiger partial charge in [0.15, 0.2) is 0 Å². The zero-order valence-electron chi connectivity index (χ0n) is 14.4. The average molecular weight is 484 g/mol. The van der Waals surface area contributed by atoms with Crippen LogP contribution in [-0.4, -0.2) is 34.4 Å². The maximum absolute atomic E-state index is 13.6. The molecular weight excluding hydrogens is 466 g/mol. The zero-order valence-corrected chi connectivity index (χ0v) is 17.4. The fourth-order valence-corrected chi connectivity index (χ4v) is 4.50. The molecule has 0 radical (unpaired) electrons. The summed E-state index contributed by atoms with van der Waals surface area (Å²) in [7, 11) is 0. The molecule has 0 saturated carbocycles. The molecule has 2 amide bonds. The Bertz CT molecular complexity index is 875. The molecule has 1 aliphatic rings. The number of hydrogen-bond acceptors (Lipinski definition) is 3. The fourth-order valence-electron chi connectivity index (χ4n) is 2.78. The second kappa shape index (κ2) is 7.96. The Kier molecular flexibility index (Phi) is 5.86. The Morgan fingerprint density at radius 1 is 1.27 bits per heavy atom. The first-order valence-corrected chi connectivity index (χ1v) is 10.3. The van der Waals surface area contributed by atoms with E-state index in [1.54, 1.807) is 6.07 Å². The highest BCUT2D eigenvalue weighted by atomic mass is 127. The molecule has 4 nitrogen and oxygen atoms in total. The Labute approximate surface area is 169 Å². The number of amides is 2. The van der Waals surface area contributed by atoms with E-state index in [9.17, 15) is 14.0 Å². The summed E-state index contributed by atoms with van der Waals surface area (Å²) in [6.45, 7) is 3.94. The van der Waals surface area contributed by atoms with Crippen molar-refractivity contribution < 1.29 is 14.0 Å². The minimum atomic E-state index is -0.577. The Balaban J connectivity index is 1.81. The SMILES string of the molecule is Cc1cccc(NC(=O)C2CSCN2C(=O)c2cc(F)ccc2I)c1C. The van der Waals surface area contributed by atoms with Crippen molar-refractivity contribution in [2.75, 3.05) is 16.9 Å². The third-order valence-corrected chi connectivity index (χ3v) is 6.42. The van der Waals surface area contributed by atoms with Crippen LogP contribution in [0.3, 0.4) is 0 Å². The van der Waals surface area contributed by atoms with Crippen LogP contribution in [0, 0.1) is 23.2 Å². The molecule has 0 spiro atoms. The van der Waals surface area contributed by atoms with Gasteiger partial charge in [0.25, 0.3) is 5.91 Å². The van der Waals surface area contributed by atoms with E-state index in [-0.39, 0.29) is 17.4 Å². The highest BCUT2D eigenvalue weighted by molar-refractivity contribution is 14.1. The van der Waals surface area contributed by atoms with Crippen molar-refractivity contribution in [1.82, 2.24) is 4.90 Å². The van der Waals surface area contributed by atoms with Gasteiger partial charge in [-0.25, -0.2) is 4.39 Å². The molecule has 1 heterocycles. The molecule has 0 aromatic heterocycles. The number of rotatable bonds is 3. The van der Waals surface area contributed by atoms with Crippen LogP contribution < -0.4 is 5.32 Å². The van der Waals surface area contributed by atoms with Crippen LogP contribution in [0.4, 0.5) is 10.1 Å². The molecule has 1 unspecified atom stereocenters. The van der Waals surface area contributed by atoms with Crippen molar-refractivity contribution in [3.63, 3.8) is 0 Å². The molecule has 1 atom stereocenters. The first-order chi connectivity index (χ1) is 12.4. The predicted molar refractivity (Wildman–Crippen MR) is 111 cm³/mol. The van der Waals surface area contributed by atoms with E-state index in [0.29, 0.717) is 15.2 Å². The van der Waals surface area contributed by atoms with Gasteiger partial charge in [0.1, 0.15) is 11.9 Å². The number of halogens is 2. The van der Waals surface area contributed by atoms with Crippen LogP contribution in [0.15, 0.2) is 36.4 Å². The minimum absolute atomic E-state index is 0.219. The van der Waals surface area contributed by atoms with Crippen LogP contribution in [0.5, 0.6) is 0 Å². The Morgan fingerprint density at radius 3 is 2.81 bits per heavy atom. The van der Waals surface area contributed by atoms with E-state index in [1.807, 2.05) is 54.6 Å². The molecule has 1 fully saturated rings. The lowest BCUT2D eigenvalue weighted by atomic mass is 10.1. The zero-order chi connectivity index (χ0) is 18.8. The van der Waals surface area contributed by atoms with E-state index in [2.05, 4.69) is 5.32 Å². The number of hydrogen-bond donors (Lipinski definition) is 1. The number of anilines is 1. The summed E-state index contributed by atoms with van der Waals surface area (Å²) in [6, 6.07) is 9.26. The summed E-state index contributed by atoms with van der Waals surface area (Å²) in [5.74, 6) is -0.0644. The molecule has 0 aliphatic carbocycles. The first kappa shape index (κ1) is 19.2. The molecule has 136 valence electrons. The van der Waals surface area contributed by atoms with Crippen LogP contribution >= 0.6 is 34.4 Å². The predicted octanol–water partition coefficient (Wildman–Crippen LogP) is 4.20. The summed E-state index contributed by atoms with van der Waals surface area (Å²) in [4.78, 5) is 27.2. The summed E-state index contributed by atoms with van der Waals surface area (Å²) in [6.07, 6.45) is 0. The summed E-state index contributed by atoms with van der Waals surface area (Å²) in [5, 5.41) is 2.93. The number of benzene rings is 2. The smallest absolute Gasteiger partial charge is 0.256 e. The van der Waals surface area contributed by atoms with Crippen molar-refractivity contribution in [2.24, 2.45) is 0 Å². The van der Waals surface area contributed by atoms with Crippen molar-refractivity contribution in [2.45, 2.75) is 19.9 Å². The van der Waals surface area contributed by atoms with E-state index >= 15 is 0 Å². The Hall–Kier alpha value is -1.61. The van der Waals surface area contributed by atoms with Gasteiger partial charge >= 0.3 is 0 Å². The highest BCUT2D eigenvalue weighted by Crippen LogP contribution is 2.27. The van der Waals surface area contributed by atoms with Gasteiger partial charge < -0.3 is 10.2 Å². The lowest BCUT2D eigenvalue weighted by Crippen LogP contribution is -2.44. The van der Waals surface area contributed by atoms with Crippen molar-refractivity contribution >= 4 is 51.9 Å². The number of carbonyl (C=O) groups excluding carboxylic acids is 2. The normalized spacial score (nSPS) is 16.6. The summed E-state index contributed by atoms with van der Waals surface area (Å²) < 4.78 is 14.2. The van der Waals surface area contributed by atoms with Crippen molar-refractivity contribution in [3.05, 3.63) is 62.5 Å². The molecule has 1 N–H and O–H groups in total. The number of nitrogens with zero attached hydrogens (tertiary/aromatic N) is 1. The maximum Gasteiger partial charge on any atom is 0.256 e. The van der Waals surface area contributed by atoms with Crippen molar-refractivity contribution in [3.8, 4) is 0 Å². The molecule has 3 rings (SSSR count). The number of carbonyl (C=O) groups is 2. The molecule has 1 aliphatic heterocycles. The van der Waals surface area contributed by atoms with E-state index in [0.717, 1.165) is 16.8 Å². The largest absolute Gasteiger partial charge is 0.324 e. The van der Waals surface area contributed by atoms with Crippen LogP contribution in [0.25, 0.3) is 0 Å². The van der Waals surface area contributed by atoms with Crippen LogP contribution in [0.1, 0.15) is 21.5 Å². The monoisotopic (exact) mass is 484 g/mol. The van der Waals surface area contributed by atoms with Gasteiger partial charge in [-0.3, -0.25) is 9.59 Å². The minimum Gasteiger partial charge on any atom is -0.324 e. The molecule has 2 aromatic rings. The second-order valence-electron chi connectivity index (χ2n) is 6.15. The maximum atomic E-state index is 13.6. The molecular formula is C19H18FIN2O2S. The van der Waals surface area contributed by atoms with E-state index in [1.165, 1.54) is 28.8 Å². The lowest BCUT2D eigenvalue weighted by Gasteiger charge is -2.24. The number of thioether (sulfide) groups is 1. The molecule has 26 heavy (non-hydrogen) atoms.